The van der Waals surface area contributed by atoms with Gasteiger partial charge in [0, 0.05) is 17.8 Å². The Morgan fingerprint density at radius 1 is 1.24 bits per heavy atom. The molecule has 0 bridgehead atoms. The highest BCUT2D eigenvalue weighted by Gasteiger charge is 2.31. The number of sulfonamides is 1. The number of nitrogens with zero attached hydrogens (tertiary/aromatic N) is 3. The van der Waals surface area contributed by atoms with Gasteiger partial charge >= 0.3 is 5.97 Å². The standard InChI is InChI=1S/C19H16N4O5S/c1-12(20-18-14-6-2-3-7-15(14)29(26,27)22-18)19(25)28-11-13-10-17(24)23-9-5-4-8-16(23)21-13/h2-10,12H,11H2,1H3,(H,20,22)/t12-/m0/s1. The molecule has 4 rings (SSSR count). The number of rotatable bonds is 4. The van der Waals surface area contributed by atoms with Gasteiger partial charge < -0.3 is 4.74 Å². The summed E-state index contributed by atoms with van der Waals surface area (Å²) in [6, 6.07) is 11.8. The van der Waals surface area contributed by atoms with Crippen LogP contribution in [0.3, 0.4) is 0 Å². The first kappa shape index (κ1) is 18.8. The van der Waals surface area contributed by atoms with Crippen LogP contribution in [0.5, 0.6) is 0 Å². The molecule has 0 saturated heterocycles. The van der Waals surface area contributed by atoms with Crippen molar-refractivity contribution in [2.75, 3.05) is 0 Å². The van der Waals surface area contributed by atoms with E-state index in [-0.39, 0.29) is 22.9 Å². The molecule has 1 N–H and O–H groups in total. The molecule has 0 amide bonds. The van der Waals surface area contributed by atoms with Crippen LogP contribution in [-0.4, -0.2) is 35.6 Å². The third kappa shape index (κ3) is 3.61. The van der Waals surface area contributed by atoms with E-state index in [0.29, 0.717) is 16.9 Å². The zero-order valence-corrected chi connectivity index (χ0v) is 16.1. The third-order valence-electron chi connectivity index (χ3n) is 4.31. The zero-order chi connectivity index (χ0) is 20.6. The quantitative estimate of drug-likeness (QED) is 0.635. The maximum absolute atomic E-state index is 12.3. The van der Waals surface area contributed by atoms with E-state index in [1.54, 1.807) is 42.6 Å². The van der Waals surface area contributed by atoms with Crippen molar-refractivity contribution in [3.63, 3.8) is 0 Å². The van der Waals surface area contributed by atoms with Crippen LogP contribution in [0, 0.1) is 0 Å². The number of aromatic nitrogens is 2. The number of amidine groups is 1. The minimum atomic E-state index is -3.69. The fraction of sp³-hybridized carbons (Fsp3) is 0.158. The van der Waals surface area contributed by atoms with Gasteiger partial charge in [-0.05, 0) is 31.2 Å². The van der Waals surface area contributed by atoms with Crippen LogP contribution in [-0.2, 0) is 26.2 Å². The monoisotopic (exact) mass is 412 g/mol. The van der Waals surface area contributed by atoms with Crippen LogP contribution in [0.15, 0.2) is 69.4 Å². The number of fused-ring (bicyclic) bond motifs is 2. The van der Waals surface area contributed by atoms with E-state index in [2.05, 4.69) is 14.7 Å². The molecule has 0 unspecified atom stereocenters. The molecule has 1 aromatic carbocycles. The molecule has 148 valence electrons. The highest BCUT2D eigenvalue weighted by atomic mass is 32.2. The van der Waals surface area contributed by atoms with Crippen molar-refractivity contribution < 1.29 is 17.9 Å². The second-order valence-corrected chi connectivity index (χ2v) is 8.03. The number of carbonyl (C=O) groups is 1. The Balaban J connectivity index is 1.50. The minimum Gasteiger partial charge on any atom is -0.458 e. The fourth-order valence-corrected chi connectivity index (χ4v) is 4.16. The van der Waals surface area contributed by atoms with Crippen molar-refractivity contribution in [2.24, 2.45) is 4.99 Å². The summed E-state index contributed by atoms with van der Waals surface area (Å²) in [6.07, 6.45) is 1.60. The first-order valence-electron chi connectivity index (χ1n) is 8.69. The van der Waals surface area contributed by atoms with Crippen LogP contribution < -0.4 is 10.3 Å². The van der Waals surface area contributed by atoms with Gasteiger partial charge in [0.05, 0.1) is 10.6 Å². The molecule has 1 atom stereocenters. The topological polar surface area (TPSA) is 119 Å². The number of benzene rings is 1. The van der Waals surface area contributed by atoms with Gasteiger partial charge in [0.2, 0.25) is 0 Å². The Hall–Kier alpha value is -3.53. The molecule has 0 spiro atoms. The maximum Gasteiger partial charge on any atom is 0.331 e. The van der Waals surface area contributed by atoms with E-state index in [1.165, 1.54) is 23.5 Å². The lowest BCUT2D eigenvalue weighted by atomic mass is 10.2. The molecule has 3 aromatic rings. The summed E-state index contributed by atoms with van der Waals surface area (Å²) < 4.78 is 33.2. The number of pyridine rings is 1. The summed E-state index contributed by atoms with van der Waals surface area (Å²) in [5.41, 5.74) is 0.862. The number of esters is 1. The lowest BCUT2D eigenvalue weighted by Crippen LogP contribution is -2.27. The molecule has 2 aromatic heterocycles. The van der Waals surface area contributed by atoms with Crippen LogP contribution in [0.2, 0.25) is 0 Å². The second-order valence-electron chi connectivity index (χ2n) is 6.38. The Labute approximate surface area is 165 Å². The molecule has 10 heteroatoms. The number of hydrogen-bond acceptors (Lipinski definition) is 7. The molecular formula is C19H16N4O5S. The van der Waals surface area contributed by atoms with E-state index in [4.69, 9.17) is 4.74 Å². The van der Waals surface area contributed by atoms with Gasteiger partial charge in [-0.1, -0.05) is 18.2 Å². The van der Waals surface area contributed by atoms with E-state index in [0.717, 1.165) is 0 Å². The second kappa shape index (κ2) is 7.13. The predicted octanol–water partition coefficient (Wildman–Crippen LogP) is 0.865. The summed E-state index contributed by atoms with van der Waals surface area (Å²) in [4.78, 5) is 32.9. The molecule has 9 nitrogen and oxygen atoms in total. The fourth-order valence-electron chi connectivity index (χ4n) is 2.92. The molecule has 3 heterocycles. The molecule has 0 radical (unpaired) electrons. The van der Waals surface area contributed by atoms with Crippen molar-refractivity contribution in [3.8, 4) is 0 Å². The van der Waals surface area contributed by atoms with Gasteiger partial charge in [-0.2, -0.15) is 0 Å². The van der Waals surface area contributed by atoms with Crippen LogP contribution in [0.1, 0.15) is 18.2 Å². The van der Waals surface area contributed by atoms with E-state index in [9.17, 15) is 18.0 Å². The average molecular weight is 412 g/mol. The lowest BCUT2D eigenvalue weighted by molar-refractivity contribution is -0.146. The van der Waals surface area contributed by atoms with Gasteiger partial charge in [0.1, 0.15) is 24.1 Å². The summed E-state index contributed by atoms with van der Waals surface area (Å²) in [5.74, 6) is -0.580. The van der Waals surface area contributed by atoms with Gasteiger partial charge in [-0.15, -0.1) is 0 Å². The van der Waals surface area contributed by atoms with Crippen molar-refractivity contribution in [1.29, 1.82) is 0 Å². The smallest absolute Gasteiger partial charge is 0.331 e. The Morgan fingerprint density at radius 3 is 2.83 bits per heavy atom. The lowest BCUT2D eigenvalue weighted by Gasteiger charge is -2.09. The highest BCUT2D eigenvalue weighted by Crippen LogP contribution is 2.22. The molecule has 0 saturated carbocycles. The number of nitrogens with one attached hydrogen (secondary N) is 1. The van der Waals surface area contributed by atoms with Crippen molar-refractivity contribution in [3.05, 3.63) is 76.3 Å². The van der Waals surface area contributed by atoms with Crippen molar-refractivity contribution in [1.82, 2.24) is 14.1 Å². The van der Waals surface area contributed by atoms with Crippen molar-refractivity contribution >= 4 is 27.5 Å². The first-order valence-corrected chi connectivity index (χ1v) is 10.2. The van der Waals surface area contributed by atoms with Gasteiger partial charge in [0.15, 0.2) is 0 Å². The predicted molar refractivity (Wildman–Crippen MR) is 104 cm³/mol. The molecule has 0 aliphatic carbocycles. The molecule has 0 fully saturated rings. The van der Waals surface area contributed by atoms with Crippen LogP contribution >= 0.6 is 0 Å². The summed E-state index contributed by atoms with van der Waals surface area (Å²) in [7, 11) is -3.69. The Bertz CT molecular complexity index is 1310. The molecule has 1 aliphatic heterocycles. The van der Waals surface area contributed by atoms with E-state index < -0.39 is 22.0 Å². The normalized spacial score (nSPS) is 16.9. The number of hydrogen-bond donors (Lipinski definition) is 1. The number of carbonyl (C=O) groups excluding carboxylic acids is 1. The van der Waals surface area contributed by atoms with E-state index >= 15 is 0 Å². The van der Waals surface area contributed by atoms with Crippen LogP contribution in [0.4, 0.5) is 0 Å². The summed E-state index contributed by atoms with van der Waals surface area (Å²) >= 11 is 0. The van der Waals surface area contributed by atoms with E-state index in [1.807, 2.05) is 0 Å². The first-order chi connectivity index (χ1) is 13.8. The Kier molecular flexibility index (Phi) is 4.63. The molecular weight excluding hydrogens is 396 g/mol. The minimum absolute atomic E-state index is 0.0899. The van der Waals surface area contributed by atoms with Crippen LogP contribution in [0.25, 0.3) is 5.65 Å². The largest absolute Gasteiger partial charge is 0.458 e. The van der Waals surface area contributed by atoms with Gasteiger partial charge in [0.25, 0.3) is 15.6 Å². The average Bonchev–Trinajstić information content (AvgIpc) is 2.96. The third-order valence-corrected chi connectivity index (χ3v) is 5.71. The SMILES string of the molecule is C[C@H](N=C1NS(=O)(=O)c2ccccc21)C(=O)OCc1cc(=O)n2ccccc2n1. The van der Waals surface area contributed by atoms with Crippen molar-refractivity contribution in [2.45, 2.75) is 24.5 Å². The maximum atomic E-state index is 12.3. The summed E-state index contributed by atoms with van der Waals surface area (Å²) in [5, 5.41) is 0. The number of aliphatic imine (C=N–C) groups is 1. The molecule has 29 heavy (non-hydrogen) atoms. The molecule has 1 aliphatic rings. The summed E-state index contributed by atoms with van der Waals surface area (Å²) in [6.45, 7) is 1.30. The zero-order valence-electron chi connectivity index (χ0n) is 15.3. The number of ether oxygens (including phenoxy) is 1. The van der Waals surface area contributed by atoms with Gasteiger partial charge in [-0.25, -0.2) is 18.2 Å². The van der Waals surface area contributed by atoms with Gasteiger partial charge in [-0.3, -0.25) is 18.9 Å². The Morgan fingerprint density at radius 2 is 2.00 bits per heavy atom. The highest BCUT2D eigenvalue weighted by molar-refractivity contribution is 7.90.